The maximum atomic E-state index is 10.3. The zero-order chi connectivity index (χ0) is 10.4. The molecule has 4 N–H and O–H groups in total. The number of phenols is 1. The number of carbonyl (C=O) groups is 1. The van der Waals surface area contributed by atoms with Gasteiger partial charge in [0.25, 0.3) is 0 Å². The number of benzene rings is 1. The lowest BCUT2D eigenvalue weighted by atomic mass is 10.2. The van der Waals surface area contributed by atoms with Crippen LogP contribution in [0.25, 0.3) is 0 Å². The van der Waals surface area contributed by atoms with Gasteiger partial charge in [0.05, 0.1) is 7.18 Å². The minimum absolute atomic E-state index is 0.140. The summed E-state index contributed by atoms with van der Waals surface area (Å²) in [5.74, 6) is -1.47. The second-order valence-corrected chi connectivity index (χ2v) is 2.08. The first kappa shape index (κ1) is 11.2. The monoisotopic (exact) mass is 187 g/mol. The van der Waals surface area contributed by atoms with E-state index in [0.717, 1.165) is 0 Å². The Balaban J connectivity index is 0.000000671. The molecule has 1 aromatic rings. The predicted octanol–water partition coefficient (Wildman–Crippen LogP) is 1.26. The Morgan fingerprint density at radius 2 is 2.00 bits per heavy atom. The summed E-state index contributed by atoms with van der Waals surface area (Å²) < 4.78 is 9.50. The molecule has 0 aliphatic heterocycles. The molecule has 13 heavy (non-hydrogen) atoms. The van der Waals surface area contributed by atoms with E-state index in [0.29, 0.717) is 12.9 Å². The van der Waals surface area contributed by atoms with Gasteiger partial charge in [0.1, 0.15) is 11.3 Å². The summed E-state index contributed by atoms with van der Waals surface area (Å²) in [6.07, 6.45) is 0. The van der Waals surface area contributed by atoms with Gasteiger partial charge in [-0.1, -0.05) is 0 Å². The van der Waals surface area contributed by atoms with Crippen molar-refractivity contribution in [2.45, 2.75) is 0 Å². The minimum Gasteiger partial charge on any atom is -0.507 e. The van der Waals surface area contributed by atoms with Crippen molar-refractivity contribution in [3.8, 4) is 5.75 Å². The molecule has 0 aliphatic carbocycles. The molecule has 0 radical (unpaired) electrons. The number of nitrogens with two attached hydrogens (primary N) is 1. The smallest absolute Gasteiger partial charge is 0.339 e. The molecule has 0 amide bonds. The average Bonchev–Trinajstić information content (AvgIpc) is 2.07. The van der Waals surface area contributed by atoms with Crippen molar-refractivity contribution >= 4 is 11.7 Å². The van der Waals surface area contributed by atoms with Crippen LogP contribution in [0.1, 0.15) is 10.4 Å². The van der Waals surface area contributed by atoms with E-state index in [-0.39, 0.29) is 11.3 Å². The number of aromatic hydroxyl groups is 1. The maximum absolute atomic E-state index is 10.3. The molecule has 0 aromatic heterocycles. The fourth-order valence-corrected chi connectivity index (χ4v) is 0.730. The molecule has 0 unspecified atom stereocenters. The second-order valence-electron chi connectivity index (χ2n) is 2.08. The summed E-state index contributed by atoms with van der Waals surface area (Å²) in [4.78, 5) is 10.3. The molecule has 4 nitrogen and oxygen atoms in total. The fraction of sp³-hybridized carbons (Fsp3) is 0.125. The summed E-state index contributed by atoms with van der Waals surface area (Å²) in [5, 5.41) is 17.5. The van der Waals surface area contributed by atoms with Crippen LogP contribution in [0.2, 0.25) is 0 Å². The van der Waals surface area contributed by atoms with Crippen LogP contribution in [-0.4, -0.2) is 23.4 Å². The standard InChI is InChI=1S/C7H7NO3.CH3F/c8-4-1-2-5(7(10)11)6(9)3-4;1-2/h1-3,9H,8H2,(H,10,11);1H3. The first-order valence-electron chi connectivity index (χ1n) is 3.31. The van der Waals surface area contributed by atoms with Gasteiger partial charge in [-0.2, -0.15) is 0 Å². The summed E-state index contributed by atoms with van der Waals surface area (Å²) in [5.41, 5.74) is 5.48. The third-order valence-electron chi connectivity index (χ3n) is 1.25. The van der Waals surface area contributed by atoms with Gasteiger partial charge in [-0.3, -0.25) is 4.39 Å². The summed E-state index contributed by atoms with van der Waals surface area (Å²) in [6, 6.07) is 3.87. The lowest BCUT2D eigenvalue weighted by Crippen LogP contribution is -1.97. The van der Waals surface area contributed by atoms with E-state index in [1.165, 1.54) is 18.2 Å². The zero-order valence-corrected chi connectivity index (χ0v) is 6.99. The van der Waals surface area contributed by atoms with E-state index in [1.54, 1.807) is 0 Å². The molecule has 0 bridgehead atoms. The summed E-state index contributed by atoms with van der Waals surface area (Å²) >= 11 is 0. The topological polar surface area (TPSA) is 83.6 Å². The number of rotatable bonds is 1. The largest absolute Gasteiger partial charge is 0.507 e. The average molecular weight is 187 g/mol. The van der Waals surface area contributed by atoms with Gasteiger partial charge in [0.2, 0.25) is 0 Å². The first-order valence-corrected chi connectivity index (χ1v) is 3.31. The van der Waals surface area contributed by atoms with E-state index >= 15 is 0 Å². The number of nitrogen functional groups attached to an aromatic ring is 1. The Hall–Kier alpha value is -1.78. The predicted molar refractivity (Wildman–Crippen MR) is 46.5 cm³/mol. The molecule has 0 spiro atoms. The number of carboxylic acid groups (broad SMARTS) is 1. The normalized spacial score (nSPS) is 8.46. The molecule has 5 heteroatoms. The van der Waals surface area contributed by atoms with Gasteiger partial charge in [-0.15, -0.1) is 0 Å². The molecular formula is C8H10FNO3. The minimum atomic E-state index is -1.16. The highest BCUT2D eigenvalue weighted by Gasteiger charge is 2.07. The second kappa shape index (κ2) is 4.97. The van der Waals surface area contributed by atoms with Crippen molar-refractivity contribution in [3.05, 3.63) is 23.8 Å². The quantitative estimate of drug-likeness (QED) is 0.578. The number of anilines is 1. The Morgan fingerprint density at radius 1 is 1.46 bits per heavy atom. The van der Waals surface area contributed by atoms with Crippen molar-refractivity contribution in [2.24, 2.45) is 0 Å². The molecule has 72 valence electrons. The Labute approximate surface area is 74.4 Å². The third kappa shape index (κ3) is 2.98. The van der Waals surface area contributed by atoms with E-state index in [9.17, 15) is 9.18 Å². The fourth-order valence-electron chi connectivity index (χ4n) is 0.730. The van der Waals surface area contributed by atoms with Crippen LogP contribution in [-0.2, 0) is 0 Å². The molecule has 1 rings (SSSR count). The van der Waals surface area contributed by atoms with Gasteiger partial charge in [0, 0.05) is 11.8 Å². The molecule has 0 saturated carbocycles. The van der Waals surface area contributed by atoms with E-state index in [2.05, 4.69) is 0 Å². The molecule has 0 fully saturated rings. The molecule has 0 heterocycles. The number of hydrogen-bond acceptors (Lipinski definition) is 3. The van der Waals surface area contributed by atoms with Crippen molar-refractivity contribution in [1.82, 2.24) is 0 Å². The van der Waals surface area contributed by atoms with Crippen LogP contribution in [0.4, 0.5) is 10.1 Å². The van der Waals surface area contributed by atoms with E-state index < -0.39 is 5.97 Å². The van der Waals surface area contributed by atoms with Crippen molar-refractivity contribution in [3.63, 3.8) is 0 Å². The highest BCUT2D eigenvalue weighted by Crippen LogP contribution is 2.19. The molecule has 0 atom stereocenters. The number of aromatic carboxylic acids is 1. The Kier molecular flexibility index (Phi) is 4.29. The number of carboxylic acids is 1. The number of hydrogen-bond donors (Lipinski definition) is 3. The van der Waals surface area contributed by atoms with Crippen molar-refractivity contribution in [1.29, 1.82) is 0 Å². The highest BCUT2D eigenvalue weighted by molar-refractivity contribution is 5.91. The Morgan fingerprint density at radius 3 is 2.38 bits per heavy atom. The summed E-state index contributed by atoms with van der Waals surface area (Å²) in [7, 11) is 0.500. The SMILES string of the molecule is CF.Nc1ccc(C(=O)O)c(O)c1. The zero-order valence-electron chi connectivity index (χ0n) is 6.99. The van der Waals surface area contributed by atoms with Gasteiger partial charge in [-0.05, 0) is 12.1 Å². The first-order chi connectivity index (χ1) is 6.11. The van der Waals surface area contributed by atoms with Crippen LogP contribution in [0.5, 0.6) is 5.75 Å². The van der Waals surface area contributed by atoms with Gasteiger partial charge < -0.3 is 15.9 Å². The van der Waals surface area contributed by atoms with E-state index in [4.69, 9.17) is 15.9 Å². The highest BCUT2D eigenvalue weighted by atomic mass is 19.1. The summed E-state index contributed by atoms with van der Waals surface area (Å²) in [6.45, 7) is 0. The third-order valence-corrected chi connectivity index (χ3v) is 1.25. The van der Waals surface area contributed by atoms with Crippen molar-refractivity contribution < 1.29 is 19.4 Å². The molecule has 0 aliphatic rings. The lowest BCUT2D eigenvalue weighted by molar-refractivity contribution is 0.0694. The van der Waals surface area contributed by atoms with Crippen LogP contribution >= 0.6 is 0 Å². The number of alkyl halides is 1. The molecule has 1 aromatic carbocycles. The lowest BCUT2D eigenvalue weighted by Gasteiger charge is -1.98. The Bertz CT molecular complexity index is 301. The van der Waals surface area contributed by atoms with Gasteiger partial charge >= 0.3 is 5.97 Å². The van der Waals surface area contributed by atoms with E-state index in [1.807, 2.05) is 0 Å². The number of halogens is 1. The van der Waals surface area contributed by atoms with Crippen LogP contribution in [0.15, 0.2) is 18.2 Å². The van der Waals surface area contributed by atoms with Crippen LogP contribution in [0, 0.1) is 0 Å². The maximum Gasteiger partial charge on any atom is 0.339 e. The van der Waals surface area contributed by atoms with Crippen LogP contribution in [0.3, 0.4) is 0 Å². The van der Waals surface area contributed by atoms with Gasteiger partial charge in [0.15, 0.2) is 0 Å². The van der Waals surface area contributed by atoms with Crippen molar-refractivity contribution in [2.75, 3.05) is 12.9 Å². The molecule has 0 saturated heterocycles. The van der Waals surface area contributed by atoms with Crippen LogP contribution < -0.4 is 5.73 Å². The van der Waals surface area contributed by atoms with Gasteiger partial charge in [-0.25, -0.2) is 4.79 Å². The molecular weight excluding hydrogens is 177 g/mol.